The Morgan fingerprint density at radius 1 is 1.12 bits per heavy atom. The van der Waals surface area contributed by atoms with Gasteiger partial charge in [0.2, 0.25) is 0 Å². The molecule has 0 radical (unpaired) electrons. The van der Waals surface area contributed by atoms with Gasteiger partial charge in [0, 0.05) is 34.2 Å². The van der Waals surface area contributed by atoms with Crippen LogP contribution in [-0.2, 0) is 11.3 Å². The van der Waals surface area contributed by atoms with Crippen LogP contribution < -0.4 is 9.64 Å². The van der Waals surface area contributed by atoms with Crippen molar-refractivity contribution in [1.29, 1.82) is 0 Å². The van der Waals surface area contributed by atoms with Gasteiger partial charge in [0.05, 0.1) is 17.7 Å². The summed E-state index contributed by atoms with van der Waals surface area (Å²) in [7, 11) is 1.56. The molecule has 4 aromatic rings. The molecule has 2 heterocycles. The maximum atomic E-state index is 13.5. The third-order valence-electron chi connectivity index (χ3n) is 5.58. The number of carbonyl (C=O) groups is 1. The Morgan fingerprint density at radius 2 is 1.88 bits per heavy atom. The van der Waals surface area contributed by atoms with Gasteiger partial charge in [-0.2, -0.15) is 0 Å². The Bertz CT molecular complexity index is 1480. The summed E-state index contributed by atoms with van der Waals surface area (Å²) < 4.78 is 21.4. The third kappa shape index (κ3) is 4.11. The summed E-state index contributed by atoms with van der Waals surface area (Å²) in [4.78, 5) is 15.4. The molecule has 1 aromatic heterocycles. The van der Waals surface area contributed by atoms with E-state index in [0.717, 1.165) is 22.0 Å². The molecule has 0 aliphatic carbocycles. The van der Waals surface area contributed by atoms with E-state index in [1.54, 1.807) is 19.2 Å². The molecule has 0 saturated carbocycles. The minimum absolute atomic E-state index is 0.196. The van der Waals surface area contributed by atoms with Crippen molar-refractivity contribution in [2.75, 3.05) is 12.0 Å². The van der Waals surface area contributed by atoms with E-state index >= 15 is 0 Å². The summed E-state index contributed by atoms with van der Waals surface area (Å²) in [6.07, 6.45) is 3.83. The molecule has 1 amide bonds. The van der Waals surface area contributed by atoms with Crippen LogP contribution in [0.4, 0.5) is 10.1 Å². The number of carbonyl (C=O) groups excluding carboxylic acids is 1. The lowest BCUT2D eigenvalue weighted by Crippen LogP contribution is -2.27. The summed E-state index contributed by atoms with van der Waals surface area (Å²) in [5.74, 6) is 0.00890. The number of thioether (sulfide) groups is 1. The van der Waals surface area contributed by atoms with Crippen LogP contribution in [0.15, 0.2) is 77.8 Å². The molecule has 0 atom stereocenters. The van der Waals surface area contributed by atoms with Gasteiger partial charge < -0.3 is 9.30 Å². The second-order valence-corrected chi connectivity index (χ2v) is 9.74. The smallest absolute Gasteiger partial charge is 0.270 e. The number of benzene rings is 3. The lowest BCUT2D eigenvalue weighted by molar-refractivity contribution is -0.113. The second kappa shape index (κ2) is 9.25. The van der Waals surface area contributed by atoms with E-state index in [4.69, 9.17) is 28.6 Å². The first kappa shape index (κ1) is 22.7. The van der Waals surface area contributed by atoms with Gasteiger partial charge in [-0.15, -0.1) is 0 Å². The van der Waals surface area contributed by atoms with Crippen LogP contribution in [0.2, 0.25) is 5.02 Å². The van der Waals surface area contributed by atoms with E-state index in [9.17, 15) is 9.18 Å². The highest BCUT2D eigenvalue weighted by Crippen LogP contribution is 2.40. The Kier molecular flexibility index (Phi) is 6.16. The monoisotopic (exact) mass is 508 g/mol. The first-order valence-electron chi connectivity index (χ1n) is 10.4. The summed E-state index contributed by atoms with van der Waals surface area (Å²) in [5.41, 5.74) is 3.28. The minimum Gasteiger partial charge on any atom is -0.495 e. The zero-order valence-electron chi connectivity index (χ0n) is 18.0. The number of para-hydroxylation sites is 3. The molecular weight excluding hydrogens is 491 g/mol. The standard InChI is InChI=1S/C26H18ClFN2O2S2/c1-32-23-9-5-4-8-22(23)30-25(31)24(34-26(30)33)12-17-15-29(21-7-3-2-6-19(17)21)14-16-10-11-18(28)13-20(16)27/h2-13,15H,14H2,1H3/b24-12-. The first-order chi connectivity index (χ1) is 16.5. The van der Waals surface area contributed by atoms with Crippen molar-refractivity contribution in [3.63, 3.8) is 0 Å². The maximum Gasteiger partial charge on any atom is 0.270 e. The molecule has 170 valence electrons. The van der Waals surface area contributed by atoms with Crippen LogP contribution in [0.3, 0.4) is 0 Å². The van der Waals surface area contributed by atoms with Crippen molar-refractivity contribution >= 4 is 68.5 Å². The fourth-order valence-corrected chi connectivity index (χ4v) is 5.49. The molecule has 5 rings (SSSR count). The average molecular weight is 509 g/mol. The highest BCUT2D eigenvalue weighted by atomic mass is 35.5. The van der Waals surface area contributed by atoms with Crippen LogP contribution in [0.1, 0.15) is 11.1 Å². The molecule has 4 nitrogen and oxygen atoms in total. The number of methoxy groups -OCH3 is 1. The third-order valence-corrected chi connectivity index (χ3v) is 7.24. The molecule has 34 heavy (non-hydrogen) atoms. The van der Waals surface area contributed by atoms with Crippen molar-refractivity contribution in [1.82, 2.24) is 4.57 Å². The Balaban J connectivity index is 1.53. The molecular formula is C26H18ClFN2O2S2. The van der Waals surface area contributed by atoms with Gasteiger partial charge in [-0.1, -0.05) is 72.0 Å². The SMILES string of the molecule is COc1ccccc1N1C(=O)/C(=C/c2cn(Cc3ccc(F)cc3Cl)c3ccccc23)SC1=S. The van der Waals surface area contributed by atoms with Gasteiger partial charge in [-0.05, 0) is 42.0 Å². The number of nitrogens with zero attached hydrogens (tertiary/aromatic N) is 2. The van der Waals surface area contributed by atoms with Crippen LogP contribution in [-0.4, -0.2) is 21.9 Å². The fraction of sp³-hybridized carbons (Fsp3) is 0.0769. The van der Waals surface area contributed by atoms with E-state index in [1.165, 1.54) is 28.8 Å². The number of ether oxygens (including phenoxy) is 1. The van der Waals surface area contributed by atoms with Crippen molar-refractivity contribution in [2.45, 2.75) is 6.54 Å². The predicted molar refractivity (Wildman–Crippen MR) is 141 cm³/mol. The van der Waals surface area contributed by atoms with Crippen molar-refractivity contribution < 1.29 is 13.9 Å². The second-order valence-electron chi connectivity index (χ2n) is 7.65. The topological polar surface area (TPSA) is 34.5 Å². The van der Waals surface area contributed by atoms with E-state index in [1.807, 2.05) is 59.3 Å². The number of anilines is 1. The van der Waals surface area contributed by atoms with E-state index in [0.29, 0.717) is 32.2 Å². The molecule has 1 aliphatic rings. The van der Waals surface area contributed by atoms with E-state index < -0.39 is 0 Å². The highest BCUT2D eigenvalue weighted by Gasteiger charge is 2.35. The molecule has 3 aromatic carbocycles. The lowest BCUT2D eigenvalue weighted by Gasteiger charge is -2.17. The van der Waals surface area contributed by atoms with E-state index in [-0.39, 0.29) is 11.7 Å². The molecule has 0 N–H and O–H groups in total. The number of hydrogen-bond acceptors (Lipinski definition) is 4. The average Bonchev–Trinajstić information content (AvgIpc) is 3.32. The molecule has 8 heteroatoms. The molecule has 0 unspecified atom stereocenters. The summed E-state index contributed by atoms with van der Waals surface area (Å²) in [5, 5.41) is 1.36. The van der Waals surface area contributed by atoms with Gasteiger partial charge in [-0.25, -0.2) is 4.39 Å². The number of rotatable bonds is 5. The van der Waals surface area contributed by atoms with Gasteiger partial charge in [0.15, 0.2) is 4.32 Å². The molecule has 0 spiro atoms. The van der Waals surface area contributed by atoms with Gasteiger partial charge in [-0.3, -0.25) is 9.69 Å². The number of halogens is 2. The van der Waals surface area contributed by atoms with Gasteiger partial charge in [0.25, 0.3) is 5.91 Å². The predicted octanol–water partition coefficient (Wildman–Crippen LogP) is 6.90. The van der Waals surface area contributed by atoms with Crippen LogP contribution in [0, 0.1) is 5.82 Å². The van der Waals surface area contributed by atoms with Crippen LogP contribution in [0.25, 0.3) is 17.0 Å². The zero-order valence-corrected chi connectivity index (χ0v) is 20.4. The van der Waals surface area contributed by atoms with Crippen molar-refractivity contribution in [3.05, 3.63) is 99.8 Å². The van der Waals surface area contributed by atoms with Gasteiger partial charge in [0.1, 0.15) is 11.6 Å². The fourth-order valence-electron chi connectivity index (χ4n) is 3.99. The Labute approximate surface area is 210 Å². The largest absolute Gasteiger partial charge is 0.495 e. The maximum absolute atomic E-state index is 13.5. The summed E-state index contributed by atoms with van der Waals surface area (Å²) >= 11 is 13.1. The number of aromatic nitrogens is 1. The molecule has 0 bridgehead atoms. The van der Waals surface area contributed by atoms with Crippen LogP contribution >= 0.6 is 35.6 Å². The van der Waals surface area contributed by atoms with E-state index in [2.05, 4.69) is 0 Å². The number of hydrogen-bond donors (Lipinski definition) is 0. The number of thiocarbonyl (C=S) groups is 1. The van der Waals surface area contributed by atoms with Crippen molar-refractivity contribution in [3.8, 4) is 5.75 Å². The molecule has 1 aliphatic heterocycles. The normalized spacial score (nSPS) is 15.0. The lowest BCUT2D eigenvalue weighted by atomic mass is 10.1. The quantitative estimate of drug-likeness (QED) is 0.217. The van der Waals surface area contributed by atoms with Crippen LogP contribution in [0.5, 0.6) is 5.75 Å². The Morgan fingerprint density at radius 3 is 2.68 bits per heavy atom. The number of fused-ring (bicyclic) bond motifs is 1. The zero-order chi connectivity index (χ0) is 23.8. The summed E-state index contributed by atoms with van der Waals surface area (Å²) in [6, 6.07) is 19.6. The number of amides is 1. The van der Waals surface area contributed by atoms with Crippen molar-refractivity contribution in [2.24, 2.45) is 0 Å². The minimum atomic E-state index is -0.371. The Hall–Kier alpha value is -3.13. The molecule has 1 fully saturated rings. The highest BCUT2D eigenvalue weighted by molar-refractivity contribution is 8.27. The summed E-state index contributed by atoms with van der Waals surface area (Å²) in [6.45, 7) is 0.468. The molecule has 1 saturated heterocycles. The first-order valence-corrected chi connectivity index (χ1v) is 12.0. The van der Waals surface area contributed by atoms with Gasteiger partial charge >= 0.3 is 0 Å².